The van der Waals surface area contributed by atoms with Gasteiger partial charge in [0.25, 0.3) is 0 Å². The number of oxazole rings is 1. The first-order valence-electron chi connectivity index (χ1n) is 7.47. The Bertz CT molecular complexity index is 830. The molecule has 1 aliphatic heterocycles. The van der Waals surface area contributed by atoms with Crippen molar-refractivity contribution in [3.8, 4) is 0 Å². The molecule has 0 atom stereocenters. The van der Waals surface area contributed by atoms with Crippen molar-refractivity contribution in [2.45, 2.75) is 6.42 Å². The van der Waals surface area contributed by atoms with E-state index in [0.717, 1.165) is 18.9 Å². The summed E-state index contributed by atoms with van der Waals surface area (Å²) in [4.78, 5) is 15.3. The summed E-state index contributed by atoms with van der Waals surface area (Å²) in [6.45, 7) is 3.04. The summed E-state index contributed by atoms with van der Waals surface area (Å²) in [5.74, 6) is 1.65. The van der Waals surface area contributed by atoms with Crippen LogP contribution < -0.4 is 4.90 Å². The van der Waals surface area contributed by atoms with Gasteiger partial charge in [-0.2, -0.15) is 0 Å². The molecule has 1 aliphatic rings. The second kappa shape index (κ2) is 5.92. The maximum absolute atomic E-state index is 13.2. The highest BCUT2D eigenvalue weighted by molar-refractivity contribution is 5.72. The van der Waals surface area contributed by atoms with E-state index in [0.29, 0.717) is 42.4 Å². The monoisotopic (exact) mass is 314 g/mol. The molecule has 0 aliphatic carbocycles. The van der Waals surface area contributed by atoms with E-state index in [1.165, 1.54) is 12.1 Å². The molecule has 1 saturated heterocycles. The highest BCUT2D eigenvalue weighted by Gasteiger charge is 2.14. The van der Waals surface area contributed by atoms with Gasteiger partial charge >= 0.3 is 0 Å². The van der Waals surface area contributed by atoms with Crippen molar-refractivity contribution in [3.05, 3.63) is 48.0 Å². The lowest BCUT2D eigenvalue weighted by Gasteiger charge is -2.27. The second-order valence-corrected chi connectivity index (χ2v) is 5.33. The van der Waals surface area contributed by atoms with Crippen LogP contribution >= 0.6 is 0 Å². The van der Waals surface area contributed by atoms with E-state index >= 15 is 0 Å². The Morgan fingerprint density at radius 1 is 1.13 bits per heavy atom. The summed E-state index contributed by atoms with van der Waals surface area (Å²) in [6.07, 6.45) is 2.10. The molecule has 23 heavy (non-hydrogen) atoms. The number of fused-ring (bicyclic) bond motifs is 1. The molecule has 0 unspecified atom stereocenters. The van der Waals surface area contributed by atoms with Gasteiger partial charge in [-0.1, -0.05) is 0 Å². The molecular weight excluding hydrogens is 299 g/mol. The van der Waals surface area contributed by atoms with Crippen molar-refractivity contribution >= 4 is 16.9 Å². The summed E-state index contributed by atoms with van der Waals surface area (Å²) in [7, 11) is 0. The summed E-state index contributed by atoms with van der Waals surface area (Å²) in [6, 6.07) is 6.17. The number of morpholine rings is 1. The van der Waals surface area contributed by atoms with Gasteiger partial charge in [-0.15, -0.1) is 0 Å². The SMILES string of the molecule is Fc1ccc2oc(Cc3nccc(N4CCOCC4)n3)nc2c1. The van der Waals surface area contributed by atoms with Gasteiger partial charge in [-0.3, -0.25) is 0 Å². The molecule has 118 valence electrons. The number of ether oxygens (including phenoxy) is 1. The first-order chi connectivity index (χ1) is 11.3. The smallest absolute Gasteiger partial charge is 0.203 e. The average Bonchev–Trinajstić information content (AvgIpc) is 2.97. The van der Waals surface area contributed by atoms with Gasteiger partial charge in [0.1, 0.15) is 23.0 Å². The first kappa shape index (κ1) is 14.1. The highest BCUT2D eigenvalue weighted by atomic mass is 19.1. The van der Waals surface area contributed by atoms with Crippen molar-refractivity contribution in [1.82, 2.24) is 15.0 Å². The molecule has 0 N–H and O–H groups in total. The standard InChI is InChI=1S/C16H15FN4O2/c17-11-1-2-13-12(9-11)19-16(23-13)10-14-18-4-3-15(20-14)21-5-7-22-8-6-21/h1-4,9H,5-8,10H2. The van der Waals surface area contributed by atoms with Gasteiger partial charge in [0.15, 0.2) is 5.58 Å². The van der Waals surface area contributed by atoms with Crippen molar-refractivity contribution in [1.29, 1.82) is 0 Å². The first-order valence-corrected chi connectivity index (χ1v) is 7.47. The molecule has 1 fully saturated rings. The Kier molecular flexibility index (Phi) is 3.63. The molecule has 0 radical (unpaired) electrons. The maximum atomic E-state index is 13.2. The van der Waals surface area contributed by atoms with Crippen LogP contribution in [0.3, 0.4) is 0 Å². The number of hydrogen-bond donors (Lipinski definition) is 0. The Balaban J connectivity index is 1.57. The van der Waals surface area contributed by atoms with E-state index in [9.17, 15) is 4.39 Å². The van der Waals surface area contributed by atoms with Crippen molar-refractivity contribution in [3.63, 3.8) is 0 Å². The van der Waals surface area contributed by atoms with Crippen LogP contribution in [0.1, 0.15) is 11.7 Å². The van der Waals surface area contributed by atoms with E-state index in [4.69, 9.17) is 9.15 Å². The molecule has 4 rings (SSSR count). The van der Waals surface area contributed by atoms with Crippen LogP contribution in [0.2, 0.25) is 0 Å². The van der Waals surface area contributed by atoms with E-state index in [-0.39, 0.29) is 5.82 Å². The molecular formula is C16H15FN4O2. The Morgan fingerprint density at radius 2 is 2.00 bits per heavy atom. The Hall–Kier alpha value is -2.54. The van der Waals surface area contributed by atoms with E-state index < -0.39 is 0 Å². The van der Waals surface area contributed by atoms with Crippen LogP contribution in [-0.2, 0) is 11.2 Å². The molecule has 0 saturated carbocycles. The zero-order valence-corrected chi connectivity index (χ0v) is 12.4. The quantitative estimate of drug-likeness (QED) is 0.738. The zero-order valence-electron chi connectivity index (χ0n) is 12.4. The zero-order chi connectivity index (χ0) is 15.6. The van der Waals surface area contributed by atoms with Crippen molar-refractivity contribution in [2.75, 3.05) is 31.2 Å². The van der Waals surface area contributed by atoms with E-state index in [1.54, 1.807) is 12.3 Å². The highest BCUT2D eigenvalue weighted by Crippen LogP contribution is 2.19. The number of nitrogens with zero attached hydrogens (tertiary/aromatic N) is 4. The second-order valence-electron chi connectivity index (χ2n) is 5.33. The molecule has 3 aromatic rings. The maximum Gasteiger partial charge on any atom is 0.203 e. The lowest BCUT2D eigenvalue weighted by Crippen LogP contribution is -2.36. The van der Waals surface area contributed by atoms with Gasteiger partial charge in [-0.25, -0.2) is 19.3 Å². The molecule has 7 heteroatoms. The van der Waals surface area contributed by atoms with Gasteiger partial charge in [-0.05, 0) is 18.2 Å². The molecule has 2 aromatic heterocycles. The fraction of sp³-hybridized carbons (Fsp3) is 0.312. The predicted molar refractivity (Wildman–Crippen MR) is 81.8 cm³/mol. The number of halogens is 1. The fourth-order valence-electron chi connectivity index (χ4n) is 2.60. The van der Waals surface area contributed by atoms with Crippen LogP contribution in [0.25, 0.3) is 11.1 Å². The minimum absolute atomic E-state index is 0.331. The topological polar surface area (TPSA) is 64.3 Å². The normalized spacial score (nSPS) is 15.3. The lowest BCUT2D eigenvalue weighted by molar-refractivity contribution is 0.122. The number of hydrogen-bond acceptors (Lipinski definition) is 6. The summed E-state index contributed by atoms with van der Waals surface area (Å²) in [5, 5.41) is 0. The van der Waals surface area contributed by atoms with Gasteiger partial charge in [0.05, 0.1) is 19.6 Å². The summed E-state index contributed by atoms with van der Waals surface area (Å²) >= 11 is 0. The summed E-state index contributed by atoms with van der Waals surface area (Å²) in [5.41, 5.74) is 1.06. The Morgan fingerprint density at radius 3 is 2.87 bits per heavy atom. The number of rotatable bonds is 3. The third-order valence-electron chi connectivity index (χ3n) is 3.73. The molecule has 6 nitrogen and oxygen atoms in total. The largest absolute Gasteiger partial charge is 0.440 e. The third-order valence-corrected chi connectivity index (χ3v) is 3.73. The van der Waals surface area contributed by atoms with Crippen LogP contribution in [0.4, 0.5) is 10.2 Å². The van der Waals surface area contributed by atoms with Crippen molar-refractivity contribution in [2.24, 2.45) is 0 Å². The lowest BCUT2D eigenvalue weighted by atomic mass is 10.3. The fourth-order valence-corrected chi connectivity index (χ4v) is 2.60. The molecule has 0 spiro atoms. The van der Waals surface area contributed by atoms with E-state index in [1.807, 2.05) is 6.07 Å². The van der Waals surface area contributed by atoms with Gasteiger partial charge in [0, 0.05) is 25.4 Å². The average molecular weight is 314 g/mol. The van der Waals surface area contributed by atoms with Crippen LogP contribution in [0.5, 0.6) is 0 Å². The molecule has 1 aromatic carbocycles. The predicted octanol–water partition coefficient (Wildman–Crippen LogP) is 2.18. The molecule has 0 amide bonds. The van der Waals surface area contributed by atoms with Gasteiger partial charge in [0.2, 0.25) is 5.89 Å². The van der Waals surface area contributed by atoms with Crippen LogP contribution in [-0.4, -0.2) is 41.3 Å². The molecule has 0 bridgehead atoms. The van der Waals surface area contributed by atoms with E-state index in [2.05, 4.69) is 19.9 Å². The van der Waals surface area contributed by atoms with Crippen LogP contribution in [0.15, 0.2) is 34.9 Å². The number of anilines is 1. The van der Waals surface area contributed by atoms with Gasteiger partial charge < -0.3 is 14.1 Å². The minimum Gasteiger partial charge on any atom is -0.440 e. The summed E-state index contributed by atoms with van der Waals surface area (Å²) < 4.78 is 24.2. The number of aromatic nitrogens is 3. The number of benzene rings is 1. The van der Waals surface area contributed by atoms with Crippen molar-refractivity contribution < 1.29 is 13.5 Å². The molecule has 3 heterocycles. The third kappa shape index (κ3) is 3.00. The minimum atomic E-state index is -0.331. The van der Waals surface area contributed by atoms with Crippen LogP contribution in [0, 0.1) is 5.82 Å². The Labute approximate surface area is 131 Å².